The van der Waals surface area contributed by atoms with E-state index in [1.54, 1.807) is 10.7 Å². The molecule has 150 valence electrons. The predicted octanol–water partition coefficient (Wildman–Crippen LogP) is 3.28. The van der Waals surface area contributed by atoms with E-state index in [0.717, 1.165) is 23.4 Å². The Kier molecular flexibility index (Phi) is 6.33. The predicted molar refractivity (Wildman–Crippen MR) is 104 cm³/mol. The summed E-state index contributed by atoms with van der Waals surface area (Å²) in [6, 6.07) is 14.2. The molecule has 2 N–H and O–H groups in total. The lowest BCUT2D eigenvalue weighted by atomic mass is 10.2. The second-order valence-corrected chi connectivity index (χ2v) is 6.49. The molecule has 0 aliphatic heterocycles. The third-order valence-corrected chi connectivity index (χ3v) is 4.16. The number of anilines is 1. The van der Waals surface area contributed by atoms with Crippen molar-refractivity contribution in [2.75, 3.05) is 11.9 Å². The standard InChI is InChI=1S/C21H20F2N4O2/c1-14-11-19(27(26-14)13-15-5-3-2-4-6-15)25-20(28)9-10-24-21(29)17-8-7-16(22)12-18(17)23/h2-8,11-12H,9-10,13H2,1H3,(H,24,29)(H,25,28). The maximum Gasteiger partial charge on any atom is 0.254 e. The number of aryl methyl sites for hydroxylation is 1. The minimum Gasteiger partial charge on any atom is -0.351 e. The Balaban J connectivity index is 1.54. The molecule has 0 bridgehead atoms. The van der Waals surface area contributed by atoms with Crippen LogP contribution in [0.5, 0.6) is 0 Å². The molecule has 0 aliphatic carbocycles. The summed E-state index contributed by atoms with van der Waals surface area (Å²) in [6.07, 6.45) is -0.00980. The smallest absolute Gasteiger partial charge is 0.254 e. The van der Waals surface area contributed by atoms with Crippen molar-refractivity contribution in [2.45, 2.75) is 19.9 Å². The van der Waals surface area contributed by atoms with Gasteiger partial charge in [-0.1, -0.05) is 30.3 Å². The highest BCUT2D eigenvalue weighted by Crippen LogP contribution is 2.13. The molecule has 1 heterocycles. The number of carbonyl (C=O) groups excluding carboxylic acids is 2. The van der Waals surface area contributed by atoms with Crippen molar-refractivity contribution in [2.24, 2.45) is 0 Å². The topological polar surface area (TPSA) is 76.0 Å². The van der Waals surface area contributed by atoms with E-state index in [9.17, 15) is 18.4 Å². The van der Waals surface area contributed by atoms with Crippen LogP contribution < -0.4 is 10.6 Å². The van der Waals surface area contributed by atoms with Gasteiger partial charge >= 0.3 is 0 Å². The number of hydrogen-bond acceptors (Lipinski definition) is 3. The molecule has 3 rings (SSSR count). The lowest BCUT2D eigenvalue weighted by Gasteiger charge is -2.10. The minimum absolute atomic E-state index is 0.00723. The summed E-state index contributed by atoms with van der Waals surface area (Å²) < 4.78 is 28.2. The van der Waals surface area contributed by atoms with Crippen LogP contribution in [0.2, 0.25) is 0 Å². The van der Waals surface area contributed by atoms with E-state index >= 15 is 0 Å². The molecule has 3 aromatic rings. The Morgan fingerprint density at radius 2 is 1.83 bits per heavy atom. The Hall–Kier alpha value is -3.55. The summed E-state index contributed by atoms with van der Waals surface area (Å²) in [6.45, 7) is 2.34. The molecule has 0 saturated heterocycles. The largest absolute Gasteiger partial charge is 0.351 e. The highest BCUT2D eigenvalue weighted by atomic mass is 19.1. The van der Waals surface area contributed by atoms with Gasteiger partial charge in [0.1, 0.15) is 17.5 Å². The molecular weight excluding hydrogens is 378 g/mol. The van der Waals surface area contributed by atoms with Gasteiger partial charge in [-0.2, -0.15) is 5.10 Å². The molecule has 8 heteroatoms. The zero-order chi connectivity index (χ0) is 20.8. The summed E-state index contributed by atoms with van der Waals surface area (Å²) in [5.74, 6) is -2.19. The number of benzene rings is 2. The number of amides is 2. The average Bonchev–Trinajstić information content (AvgIpc) is 3.01. The van der Waals surface area contributed by atoms with E-state index in [1.807, 2.05) is 37.3 Å². The second kappa shape index (κ2) is 9.09. The van der Waals surface area contributed by atoms with Gasteiger partial charge in [0.05, 0.1) is 17.8 Å². The zero-order valence-corrected chi connectivity index (χ0v) is 15.8. The van der Waals surface area contributed by atoms with Crippen molar-refractivity contribution in [1.82, 2.24) is 15.1 Å². The van der Waals surface area contributed by atoms with Gasteiger partial charge in [-0.3, -0.25) is 9.59 Å². The van der Waals surface area contributed by atoms with E-state index in [2.05, 4.69) is 15.7 Å². The summed E-state index contributed by atoms with van der Waals surface area (Å²) in [7, 11) is 0. The molecule has 0 saturated carbocycles. The number of carbonyl (C=O) groups is 2. The van der Waals surface area contributed by atoms with E-state index in [4.69, 9.17) is 0 Å². The molecule has 2 amide bonds. The summed E-state index contributed by atoms with van der Waals surface area (Å²) in [4.78, 5) is 24.2. The van der Waals surface area contributed by atoms with Crippen molar-refractivity contribution in [3.05, 3.63) is 83.1 Å². The van der Waals surface area contributed by atoms with Crippen molar-refractivity contribution in [3.63, 3.8) is 0 Å². The fraction of sp³-hybridized carbons (Fsp3) is 0.190. The van der Waals surface area contributed by atoms with Gasteiger partial charge in [0, 0.05) is 25.1 Å². The van der Waals surface area contributed by atoms with Gasteiger partial charge in [0.25, 0.3) is 5.91 Å². The van der Waals surface area contributed by atoms with Crippen LogP contribution in [0.15, 0.2) is 54.6 Å². The monoisotopic (exact) mass is 398 g/mol. The number of nitrogens with zero attached hydrogens (tertiary/aromatic N) is 2. The fourth-order valence-corrected chi connectivity index (χ4v) is 2.79. The van der Waals surface area contributed by atoms with Gasteiger partial charge < -0.3 is 10.6 Å². The van der Waals surface area contributed by atoms with Crippen LogP contribution in [0.4, 0.5) is 14.6 Å². The Bertz CT molecular complexity index is 1020. The van der Waals surface area contributed by atoms with Crippen LogP contribution in [-0.4, -0.2) is 28.1 Å². The molecular formula is C21H20F2N4O2. The normalized spacial score (nSPS) is 10.6. The lowest BCUT2D eigenvalue weighted by molar-refractivity contribution is -0.116. The number of hydrogen-bond donors (Lipinski definition) is 2. The van der Waals surface area contributed by atoms with Crippen molar-refractivity contribution >= 4 is 17.6 Å². The van der Waals surface area contributed by atoms with Crippen LogP contribution in [-0.2, 0) is 11.3 Å². The summed E-state index contributed by atoms with van der Waals surface area (Å²) >= 11 is 0. The SMILES string of the molecule is Cc1cc(NC(=O)CCNC(=O)c2ccc(F)cc2F)n(Cc2ccccc2)n1. The van der Waals surface area contributed by atoms with Crippen molar-refractivity contribution in [1.29, 1.82) is 0 Å². The molecule has 29 heavy (non-hydrogen) atoms. The van der Waals surface area contributed by atoms with Gasteiger partial charge in [-0.25, -0.2) is 13.5 Å². The van der Waals surface area contributed by atoms with Crippen LogP contribution in [0.1, 0.15) is 28.0 Å². The van der Waals surface area contributed by atoms with Crippen LogP contribution in [0.25, 0.3) is 0 Å². The van der Waals surface area contributed by atoms with Gasteiger partial charge in [-0.05, 0) is 24.6 Å². The van der Waals surface area contributed by atoms with Crippen LogP contribution >= 0.6 is 0 Å². The number of aromatic nitrogens is 2. The van der Waals surface area contributed by atoms with Crippen molar-refractivity contribution < 1.29 is 18.4 Å². The fourth-order valence-electron chi connectivity index (χ4n) is 2.79. The Labute approximate surface area is 166 Å². The molecule has 0 radical (unpaired) electrons. The van der Waals surface area contributed by atoms with Gasteiger partial charge in [-0.15, -0.1) is 0 Å². The van der Waals surface area contributed by atoms with E-state index in [0.29, 0.717) is 18.4 Å². The van der Waals surface area contributed by atoms with Crippen LogP contribution in [0.3, 0.4) is 0 Å². The van der Waals surface area contributed by atoms with Gasteiger partial charge in [0.15, 0.2) is 0 Å². The first kappa shape index (κ1) is 20.2. The zero-order valence-electron chi connectivity index (χ0n) is 15.8. The average molecular weight is 398 g/mol. The molecule has 0 atom stereocenters. The van der Waals surface area contributed by atoms with Crippen LogP contribution in [0, 0.1) is 18.6 Å². The maximum absolute atomic E-state index is 13.6. The van der Waals surface area contributed by atoms with E-state index in [-0.39, 0.29) is 24.4 Å². The molecule has 0 unspecified atom stereocenters. The summed E-state index contributed by atoms with van der Waals surface area (Å²) in [5.41, 5.74) is 1.53. The van der Waals surface area contributed by atoms with Crippen molar-refractivity contribution in [3.8, 4) is 0 Å². The maximum atomic E-state index is 13.6. The molecule has 0 aliphatic rings. The van der Waals surface area contributed by atoms with E-state index in [1.165, 1.54) is 0 Å². The third kappa shape index (κ3) is 5.47. The summed E-state index contributed by atoms with van der Waals surface area (Å²) in [5, 5.41) is 9.61. The van der Waals surface area contributed by atoms with Gasteiger partial charge in [0.2, 0.25) is 5.91 Å². The first-order valence-corrected chi connectivity index (χ1v) is 9.04. The highest BCUT2D eigenvalue weighted by Gasteiger charge is 2.14. The molecule has 0 fully saturated rings. The first-order chi connectivity index (χ1) is 13.9. The number of rotatable bonds is 7. The molecule has 1 aromatic heterocycles. The lowest BCUT2D eigenvalue weighted by Crippen LogP contribution is -2.28. The van der Waals surface area contributed by atoms with E-state index < -0.39 is 17.5 Å². The first-order valence-electron chi connectivity index (χ1n) is 9.04. The molecule has 0 spiro atoms. The second-order valence-electron chi connectivity index (χ2n) is 6.49. The quantitative estimate of drug-likeness (QED) is 0.641. The Morgan fingerprint density at radius 3 is 2.55 bits per heavy atom. The number of halogens is 2. The highest BCUT2D eigenvalue weighted by molar-refractivity contribution is 5.95. The minimum atomic E-state index is -0.952. The molecule has 6 nitrogen and oxygen atoms in total. The molecule has 2 aromatic carbocycles. The number of nitrogens with one attached hydrogen (secondary N) is 2. The Morgan fingerprint density at radius 1 is 1.07 bits per heavy atom. The third-order valence-electron chi connectivity index (χ3n) is 4.16.